The van der Waals surface area contributed by atoms with Crippen molar-refractivity contribution in [2.45, 2.75) is 20.0 Å². The van der Waals surface area contributed by atoms with E-state index in [9.17, 15) is 14.7 Å². The topological polar surface area (TPSA) is 87.1 Å². The molecule has 2 unspecified atom stereocenters. The summed E-state index contributed by atoms with van der Waals surface area (Å²) in [5.41, 5.74) is 0.346. The lowest BCUT2D eigenvalue weighted by Gasteiger charge is -2.26. The number of carboxylic acid groups (broad SMARTS) is 1. The van der Waals surface area contributed by atoms with Crippen LogP contribution in [-0.2, 0) is 4.79 Å². The zero-order valence-corrected chi connectivity index (χ0v) is 12.4. The van der Waals surface area contributed by atoms with Crippen LogP contribution in [0.5, 0.6) is 5.75 Å². The smallest absolute Gasteiger partial charge is 0.308 e. The maximum absolute atomic E-state index is 12.6. The minimum absolute atomic E-state index is 0.0249. The number of benzene rings is 1. The third-order valence-corrected chi connectivity index (χ3v) is 3.03. The highest BCUT2D eigenvalue weighted by Crippen LogP contribution is 2.20. The van der Waals surface area contributed by atoms with Gasteiger partial charge in [0.15, 0.2) is 0 Å². The van der Waals surface area contributed by atoms with Gasteiger partial charge in [-0.25, -0.2) is 0 Å². The molecule has 0 saturated carbocycles. The minimum atomic E-state index is -0.988. The number of hydrogen-bond donors (Lipinski definition) is 2. The average molecular weight is 295 g/mol. The van der Waals surface area contributed by atoms with E-state index >= 15 is 0 Å². The summed E-state index contributed by atoms with van der Waals surface area (Å²) in [4.78, 5) is 24.9. The Morgan fingerprint density at radius 1 is 1.24 bits per heavy atom. The number of aliphatic hydroxyl groups excluding tert-OH is 1. The standard InChI is InChI=1S/C15H21NO5/c1-10(15(19)20)8-16(9-11(2)17)14(18)12-6-4-5-7-13(12)21-3/h4-7,10-11,17H,8-9H2,1-3H3,(H,19,20). The highest BCUT2D eigenvalue weighted by Gasteiger charge is 2.24. The number of methoxy groups -OCH3 is 1. The molecular formula is C15H21NO5. The van der Waals surface area contributed by atoms with Crippen molar-refractivity contribution in [1.29, 1.82) is 0 Å². The first-order valence-corrected chi connectivity index (χ1v) is 6.70. The summed E-state index contributed by atoms with van der Waals surface area (Å²) in [7, 11) is 1.46. The van der Waals surface area contributed by atoms with Crippen LogP contribution >= 0.6 is 0 Å². The van der Waals surface area contributed by atoms with Crippen LogP contribution in [0.2, 0.25) is 0 Å². The van der Waals surface area contributed by atoms with Gasteiger partial charge in [-0.15, -0.1) is 0 Å². The maximum atomic E-state index is 12.6. The molecule has 6 nitrogen and oxygen atoms in total. The molecule has 6 heteroatoms. The fraction of sp³-hybridized carbons (Fsp3) is 0.467. The van der Waals surface area contributed by atoms with E-state index in [1.54, 1.807) is 31.2 Å². The van der Waals surface area contributed by atoms with Crippen LogP contribution in [0, 0.1) is 5.92 Å². The number of rotatable bonds is 7. The van der Waals surface area contributed by atoms with E-state index in [1.807, 2.05) is 0 Å². The number of hydrogen-bond acceptors (Lipinski definition) is 4. The molecule has 0 aliphatic carbocycles. The Kier molecular flexibility index (Phi) is 6.17. The van der Waals surface area contributed by atoms with Crippen LogP contribution in [0.3, 0.4) is 0 Å². The van der Waals surface area contributed by atoms with Crippen molar-refractivity contribution in [2.24, 2.45) is 5.92 Å². The van der Waals surface area contributed by atoms with Gasteiger partial charge in [0, 0.05) is 13.1 Å². The molecule has 0 aliphatic heterocycles. The van der Waals surface area contributed by atoms with Gasteiger partial charge in [-0.2, -0.15) is 0 Å². The van der Waals surface area contributed by atoms with Crippen LogP contribution in [0.1, 0.15) is 24.2 Å². The van der Waals surface area contributed by atoms with E-state index < -0.39 is 18.0 Å². The molecule has 0 aromatic heterocycles. The Morgan fingerprint density at radius 3 is 2.38 bits per heavy atom. The predicted octanol–water partition coefficient (Wildman–Crippen LogP) is 1.24. The molecule has 2 atom stereocenters. The average Bonchev–Trinajstić information content (AvgIpc) is 2.45. The molecule has 2 N–H and O–H groups in total. The number of ether oxygens (including phenoxy) is 1. The number of nitrogens with zero attached hydrogens (tertiary/aromatic N) is 1. The monoisotopic (exact) mass is 295 g/mol. The molecule has 1 aromatic carbocycles. The fourth-order valence-corrected chi connectivity index (χ4v) is 1.96. The quantitative estimate of drug-likeness (QED) is 0.790. The van der Waals surface area contributed by atoms with E-state index in [1.165, 1.54) is 18.9 Å². The van der Waals surface area contributed by atoms with Crippen LogP contribution in [0.15, 0.2) is 24.3 Å². The van der Waals surface area contributed by atoms with Crippen molar-refractivity contribution in [3.63, 3.8) is 0 Å². The van der Waals surface area contributed by atoms with Crippen molar-refractivity contribution in [1.82, 2.24) is 4.90 Å². The van der Waals surface area contributed by atoms with Gasteiger partial charge in [-0.1, -0.05) is 19.1 Å². The third-order valence-electron chi connectivity index (χ3n) is 3.03. The van der Waals surface area contributed by atoms with E-state index in [0.717, 1.165) is 0 Å². The number of aliphatic carboxylic acids is 1. The Labute approximate surface area is 124 Å². The molecule has 0 heterocycles. The molecule has 0 bridgehead atoms. The summed E-state index contributed by atoms with van der Waals surface area (Å²) in [6.45, 7) is 3.16. The van der Waals surface area contributed by atoms with Crippen molar-refractivity contribution in [3.05, 3.63) is 29.8 Å². The lowest BCUT2D eigenvalue weighted by Crippen LogP contribution is -2.41. The second-order valence-corrected chi connectivity index (χ2v) is 5.00. The van der Waals surface area contributed by atoms with Gasteiger partial charge in [0.05, 0.1) is 24.7 Å². The Hall–Kier alpha value is -2.08. The van der Waals surface area contributed by atoms with Gasteiger partial charge in [0.25, 0.3) is 5.91 Å². The SMILES string of the molecule is COc1ccccc1C(=O)N(CC(C)O)CC(C)C(=O)O. The van der Waals surface area contributed by atoms with Gasteiger partial charge >= 0.3 is 5.97 Å². The van der Waals surface area contributed by atoms with Gasteiger partial charge in [0.2, 0.25) is 0 Å². The zero-order chi connectivity index (χ0) is 16.0. The summed E-state index contributed by atoms with van der Waals surface area (Å²) in [5, 5.41) is 18.5. The molecule has 0 spiro atoms. The van der Waals surface area contributed by atoms with Crippen LogP contribution in [-0.4, -0.2) is 53.3 Å². The maximum Gasteiger partial charge on any atom is 0.308 e. The molecule has 0 saturated heterocycles. The zero-order valence-electron chi connectivity index (χ0n) is 12.4. The summed E-state index contributed by atoms with van der Waals surface area (Å²) >= 11 is 0. The molecule has 1 rings (SSSR count). The Bertz CT molecular complexity index is 501. The largest absolute Gasteiger partial charge is 0.496 e. The first-order valence-electron chi connectivity index (χ1n) is 6.70. The van der Waals surface area contributed by atoms with Crippen molar-refractivity contribution in [3.8, 4) is 5.75 Å². The second-order valence-electron chi connectivity index (χ2n) is 5.00. The number of carbonyl (C=O) groups excluding carboxylic acids is 1. The summed E-state index contributed by atoms with van der Waals surface area (Å²) < 4.78 is 5.15. The molecule has 0 radical (unpaired) electrons. The molecule has 21 heavy (non-hydrogen) atoms. The van der Waals surface area contributed by atoms with E-state index in [2.05, 4.69) is 0 Å². The van der Waals surface area contributed by atoms with E-state index in [0.29, 0.717) is 11.3 Å². The fourth-order valence-electron chi connectivity index (χ4n) is 1.96. The highest BCUT2D eigenvalue weighted by molar-refractivity contribution is 5.97. The second kappa shape index (κ2) is 7.64. The Morgan fingerprint density at radius 2 is 1.86 bits per heavy atom. The molecule has 1 aromatic rings. The Balaban J connectivity index is 3.01. The molecule has 0 aliphatic rings. The molecule has 116 valence electrons. The van der Waals surface area contributed by atoms with Crippen LogP contribution < -0.4 is 4.74 Å². The number of carboxylic acids is 1. The lowest BCUT2D eigenvalue weighted by atomic mass is 10.1. The summed E-state index contributed by atoms with van der Waals surface area (Å²) in [5.74, 6) is -1.65. The predicted molar refractivity (Wildman–Crippen MR) is 77.4 cm³/mol. The van der Waals surface area contributed by atoms with Crippen molar-refractivity contribution >= 4 is 11.9 Å². The first kappa shape index (κ1) is 17.0. The van der Waals surface area contributed by atoms with Crippen LogP contribution in [0.4, 0.5) is 0 Å². The van der Waals surface area contributed by atoms with Crippen molar-refractivity contribution < 1.29 is 24.5 Å². The molecule has 1 amide bonds. The number of amides is 1. The number of para-hydroxylation sites is 1. The van der Waals surface area contributed by atoms with Gasteiger partial charge in [-0.3, -0.25) is 9.59 Å². The number of aliphatic hydroxyl groups is 1. The summed E-state index contributed by atoms with van der Waals surface area (Å²) in [6.07, 6.45) is -0.746. The first-order chi connectivity index (χ1) is 9.86. The van der Waals surface area contributed by atoms with E-state index in [4.69, 9.17) is 9.84 Å². The third kappa shape index (κ3) is 4.75. The summed E-state index contributed by atoms with van der Waals surface area (Å²) in [6, 6.07) is 6.72. The minimum Gasteiger partial charge on any atom is -0.496 e. The van der Waals surface area contributed by atoms with Gasteiger partial charge in [-0.05, 0) is 19.1 Å². The molecule has 0 fully saturated rings. The van der Waals surface area contributed by atoms with Crippen molar-refractivity contribution in [2.75, 3.05) is 20.2 Å². The molecular weight excluding hydrogens is 274 g/mol. The number of carbonyl (C=O) groups is 2. The van der Waals surface area contributed by atoms with Crippen LogP contribution in [0.25, 0.3) is 0 Å². The van der Waals surface area contributed by atoms with Gasteiger partial charge in [0.1, 0.15) is 5.75 Å². The van der Waals surface area contributed by atoms with E-state index in [-0.39, 0.29) is 19.0 Å². The van der Waals surface area contributed by atoms with Gasteiger partial charge < -0.3 is 19.8 Å². The lowest BCUT2D eigenvalue weighted by molar-refractivity contribution is -0.141. The highest BCUT2D eigenvalue weighted by atomic mass is 16.5. The normalized spacial score (nSPS) is 13.3.